The van der Waals surface area contributed by atoms with Crippen LogP contribution in [0.25, 0.3) is 11.1 Å². The lowest BCUT2D eigenvalue weighted by molar-refractivity contribution is -0.140. The summed E-state index contributed by atoms with van der Waals surface area (Å²) in [6.45, 7) is 0.433. The van der Waals surface area contributed by atoms with E-state index in [1.807, 2.05) is 59.3 Å². The first-order valence-electron chi connectivity index (χ1n) is 10.3. The predicted molar refractivity (Wildman–Crippen MR) is 120 cm³/mol. The topological polar surface area (TPSA) is 84.7 Å². The molecule has 2 aromatic carbocycles. The lowest BCUT2D eigenvalue weighted by atomic mass is 9.92. The average molecular weight is 440 g/mol. The Morgan fingerprint density at radius 1 is 1.19 bits per heavy atom. The van der Waals surface area contributed by atoms with Crippen LogP contribution in [0.1, 0.15) is 36.6 Å². The van der Waals surface area contributed by atoms with E-state index in [0.717, 1.165) is 41.6 Å². The van der Waals surface area contributed by atoms with Gasteiger partial charge in [0, 0.05) is 11.3 Å². The maximum atomic E-state index is 12.4. The molecular weight excluding hydrogens is 414 g/mol. The molecule has 2 atom stereocenters. The summed E-state index contributed by atoms with van der Waals surface area (Å²) in [6, 6.07) is 17.4. The summed E-state index contributed by atoms with van der Waals surface area (Å²) in [7, 11) is 1.37. The van der Waals surface area contributed by atoms with Gasteiger partial charge in [-0.3, -0.25) is 18.3 Å². The van der Waals surface area contributed by atoms with Crippen LogP contribution in [0.4, 0.5) is 5.69 Å². The second-order valence-electron chi connectivity index (χ2n) is 7.47. The van der Waals surface area contributed by atoms with Crippen LogP contribution in [-0.2, 0) is 33.8 Å². The molecule has 162 valence electrons. The van der Waals surface area contributed by atoms with Crippen molar-refractivity contribution in [2.75, 3.05) is 11.4 Å². The van der Waals surface area contributed by atoms with Gasteiger partial charge in [-0.25, -0.2) is 4.21 Å². The summed E-state index contributed by atoms with van der Waals surface area (Å²) in [5.74, 6) is -0.284. The molecule has 7 nitrogen and oxygen atoms in total. The number of hydrogen-bond donors (Lipinski definition) is 1. The third-order valence-electron chi connectivity index (χ3n) is 5.67. The van der Waals surface area contributed by atoms with Gasteiger partial charge in [0.25, 0.3) is 11.3 Å². The third-order valence-corrected chi connectivity index (χ3v) is 6.47. The van der Waals surface area contributed by atoms with Crippen molar-refractivity contribution in [3.05, 3.63) is 72.1 Å². The van der Waals surface area contributed by atoms with Gasteiger partial charge in [0.05, 0.1) is 38.0 Å². The van der Waals surface area contributed by atoms with E-state index in [2.05, 4.69) is 5.10 Å². The highest BCUT2D eigenvalue weighted by molar-refractivity contribution is 7.80. The number of hydrogen-bond acceptors (Lipinski definition) is 4. The fraction of sp³-hybridized carbons (Fsp3) is 0.304. The molecule has 1 aliphatic carbocycles. The zero-order chi connectivity index (χ0) is 21.8. The van der Waals surface area contributed by atoms with E-state index in [4.69, 9.17) is 4.74 Å². The molecule has 0 amide bonds. The Labute approximate surface area is 184 Å². The monoisotopic (exact) mass is 439 g/mol. The largest absolute Gasteiger partial charge is 0.469 e. The molecule has 0 saturated heterocycles. The number of nitrogens with zero attached hydrogens (tertiary/aromatic N) is 3. The number of carbonyl (C=O) groups excluding carboxylic acids is 1. The Kier molecular flexibility index (Phi) is 6.48. The number of rotatable bonds is 7. The zero-order valence-electron chi connectivity index (χ0n) is 17.3. The van der Waals surface area contributed by atoms with E-state index in [-0.39, 0.29) is 18.4 Å². The van der Waals surface area contributed by atoms with Crippen LogP contribution in [-0.4, -0.2) is 31.6 Å². The molecule has 1 N–H and O–H groups in total. The predicted octanol–water partition coefficient (Wildman–Crippen LogP) is 4.13. The number of carbonyl (C=O) groups is 1. The van der Waals surface area contributed by atoms with Gasteiger partial charge in [0.1, 0.15) is 0 Å². The van der Waals surface area contributed by atoms with Crippen molar-refractivity contribution in [2.45, 2.75) is 38.3 Å². The quantitative estimate of drug-likeness (QED) is 0.442. The van der Waals surface area contributed by atoms with Gasteiger partial charge in [-0.05, 0) is 42.5 Å². The van der Waals surface area contributed by atoms with Gasteiger partial charge in [-0.15, -0.1) is 0 Å². The number of fused-ring (bicyclic) bond motifs is 1. The summed E-state index contributed by atoms with van der Waals surface area (Å²) in [6.07, 6.45) is 4.45. The van der Waals surface area contributed by atoms with Gasteiger partial charge >= 0.3 is 5.97 Å². The number of benzene rings is 2. The number of aryl methyl sites for hydroxylation is 1. The Hall–Kier alpha value is -2.97. The van der Waals surface area contributed by atoms with Crippen molar-refractivity contribution in [3.8, 4) is 11.1 Å². The molecule has 0 spiro atoms. The highest BCUT2D eigenvalue weighted by Gasteiger charge is 2.32. The summed E-state index contributed by atoms with van der Waals surface area (Å²) >= 11 is -2.19. The van der Waals surface area contributed by atoms with Crippen LogP contribution in [0.2, 0.25) is 0 Å². The van der Waals surface area contributed by atoms with Crippen LogP contribution < -0.4 is 4.31 Å². The molecule has 0 bridgehead atoms. The summed E-state index contributed by atoms with van der Waals surface area (Å²) in [5.41, 5.74) is 4.77. The second kappa shape index (κ2) is 9.45. The molecule has 3 aromatic rings. The Morgan fingerprint density at radius 2 is 1.90 bits per heavy atom. The normalized spacial score (nSPS) is 16.4. The first-order chi connectivity index (χ1) is 15.1. The average Bonchev–Trinajstić information content (AvgIpc) is 3.22. The van der Waals surface area contributed by atoms with Crippen molar-refractivity contribution in [3.63, 3.8) is 0 Å². The first-order valence-corrected chi connectivity index (χ1v) is 11.3. The molecule has 31 heavy (non-hydrogen) atoms. The van der Waals surface area contributed by atoms with Gasteiger partial charge in [0.15, 0.2) is 0 Å². The fourth-order valence-electron chi connectivity index (χ4n) is 4.14. The Morgan fingerprint density at radius 3 is 2.58 bits per heavy atom. The molecule has 1 heterocycles. The van der Waals surface area contributed by atoms with E-state index in [1.54, 1.807) is 10.5 Å². The number of ether oxygens (including phenoxy) is 1. The number of esters is 1. The minimum absolute atomic E-state index is 0.242. The Bertz CT molecular complexity index is 1070. The molecule has 2 unspecified atom stereocenters. The van der Waals surface area contributed by atoms with Crippen molar-refractivity contribution in [1.82, 2.24) is 9.78 Å². The van der Waals surface area contributed by atoms with E-state index in [0.29, 0.717) is 12.2 Å². The number of methoxy groups -OCH3 is 1. The van der Waals surface area contributed by atoms with Crippen LogP contribution in [0, 0.1) is 0 Å². The lowest BCUT2D eigenvalue weighted by Gasteiger charge is -2.33. The van der Waals surface area contributed by atoms with E-state index in [1.165, 1.54) is 7.11 Å². The minimum atomic E-state index is -2.19. The first kappa shape index (κ1) is 21.3. The number of anilines is 1. The van der Waals surface area contributed by atoms with Crippen molar-refractivity contribution in [1.29, 1.82) is 0 Å². The van der Waals surface area contributed by atoms with Crippen molar-refractivity contribution in [2.24, 2.45) is 0 Å². The SMILES string of the molecule is COC(=O)CCn1ncc2c1CCCC2N(c1ccc(-c2ccccc2)cc1)S(=O)O. The summed E-state index contributed by atoms with van der Waals surface area (Å²) in [4.78, 5) is 11.5. The van der Waals surface area contributed by atoms with Crippen LogP contribution >= 0.6 is 0 Å². The van der Waals surface area contributed by atoms with Gasteiger partial charge in [-0.1, -0.05) is 42.5 Å². The highest BCUT2D eigenvalue weighted by Crippen LogP contribution is 2.38. The van der Waals surface area contributed by atoms with Crippen LogP contribution in [0.3, 0.4) is 0 Å². The van der Waals surface area contributed by atoms with Crippen LogP contribution in [0.5, 0.6) is 0 Å². The van der Waals surface area contributed by atoms with Gasteiger partial charge < -0.3 is 4.74 Å². The van der Waals surface area contributed by atoms with E-state index < -0.39 is 11.3 Å². The third kappa shape index (κ3) is 4.55. The van der Waals surface area contributed by atoms with Gasteiger partial charge in [0.2, 0.25) is 0 Å². The number of aromatic nitrogens is 2. The highest BCUT2D eigenvalue weighted by atomic mass is 32.2. The summed E-state index contributed by atoms with van der Waals surface area (Å²) < 4.78 is 30.6. The Balaban J connectivity index is 1.61. The van der Waals surface area contributed by atoms with Crippen LogP contribution in [0.15, 0.2) is 60.8 Å². The maximum Gasteiger partial charge on any atom is 0.307 e. The molecule has 8 heteroatoms. The molecule has 0 aliphatic heterocycles. The fourth-order valence-corrected chi connectivity index (χ4v) is 4.88. The van der Waals surface area contributed by atoms with E-state index >= 15 is 0 Å². The summed E-state index contributed by atoms with van der Waals surface area (Å²) in [5, 5.41) is 4.45. The van der Waals surface area contributed by atoms with Gasteiger partial charge in [-0.2, -0.15) is 5.10 Å². The molecule has 1 aliphatic rings. The lowest BCUT2D eigenvalue weighted by Crippen LogP contribution is -2.32. The molecule has 0 radical (unpaired) electrons. The maximum absolute atomic E-state index is 12.4. The second-order valence-corrected chi connectivity index (χ2v) is 8.33. The standard InChI is InChI=1S/C23H25N3O4S/c1-30-23(27)14-15-25-21-8-5-9-22(20(21)16-24-25)26(31(28)29)19-12-10-18(11-13-19)17-6-3-2-4-7-17/h2-4,6-7,10-13,16,22H,5,8-9,14-15H2,1H3,(H,28,29). The molecule has 0 fully saturated rings. The minimum Gasteiger partial charge on any atom is -0.469 e. The molecule has 0 saturated carbocycles. The molecule has 1 aromatic heterocycles. The smallest absolute Gasteiger partial charge is 0.307 e. The molecule has 4 rings (SSSR count). The van der Waals surface area contributed by atoms with Crippen molar-refractivity contribution < 1.29 is 18.3 Å². The van der Waals surface area contributed by atoms with E-state index in [9.17, 15) is 13.6 Å². The van der Waals surface area contributed by atoms with Crippen molar-refractivity contribution >= 4 is 22.9 Å². The zero-order valence-corrected chi connectivity index (χ0v) is 18.1. The molecular formula is C23H25N3O4S.